The molecule has 2 amide bonds. The van der Waals surface area contributed by atoms with Crippen LogP contribution in [-0.4, -0.2) is 60.0 Å². The predicted octanol–water partition coefficient (Wildman–Crippen LogP) is 1.42. The first-order valence-electron chi connectivity index (χ1n) is 8.86. The van der Waals surface area contributed by atoms with Crippen LogP contribution in [0.25, 0.3) is 0 Å². The number of ether oxygens (including phenoxy) is 1. The van der Waals surface area contributed by atoms with Gasteiger partial charge in [0.25, 0.3) is 0 Å². The van der Waals surface area contributed by atoms with Crippen LogP contribution >= 0.6 is 0 Å². The standard InChI is InChI=1S/C17H26N2O3/c20-15-5-2-8-18(15)9-13-6-7-17(22-10-13)11-19(12-17)16(21)14-3-1-4-14/h13-14H,1-12H2. The van der Waals surface area contributed by atoms with Gasteiger partial charge >= 0.3 is 0 Å². The molecule has 4 rings (SSSR count). The molecule has 0 N–H and O–H groups in total. The van der Waals surface area contributed by atoms with Gasteiger partial charge < -0.3 is 14.5 Å². The second kappa shape index (κ2) is 5.52. The fraction of sp³-hybridized carbons (Fsp3) is 0.882. The van der Waals surface area contributed by atoms with Crippen LogP contribution in [0.4, 0.5) is 0 Å². The summed E-state index contributed by atoms with van der Waals surface area (Å²) in [5, 5.41) is 0. The summed E-state index contributed by atoms with van der Waals surface area (Å²) >= 11 is 0. The van der Waals surface area contributed by atoms with Crippen LogP contribution in [0.15, 0.2) is 0 Å². The van der Waals surface area contributed by atoms with Gasteiger partial charge in [-0.3, -0.25) is 9.59 Å². The fourth-order valence-corrected chi connectivity index (χ4v) is 4.24. The second-order valence-corrected chi connectivity index (χ2v) is 7.66. The van der Waals surface area contributed by atoms with Crippen molar-refractivity contribution in [1.29, 1.82) is 0 Å². The zero-order valence-corrected chi connectivity index (χ0v) is 13.3. The van der Waals surface area contributed by atoms with Crippen molar-refractivity contribution in [1.82, 2.24) is 9.80 Å². The van der Waals surface area contributed by atoms with E-state index in [9.17, 15) is 9.59 Å². The average molecular weight is 306 g/mol. The lowest BCUT2D eigenvalue weighted by molar-refractivity contribution is -0.193. The van der Waals surface area contributed by atoms with E-state index in [0.717, 1.165) is 71.3 Å². The normalized spacial score (nSPS) is 31.3. The van der Waals surface area contributed by atoms with Crippen molar-refractivity contribution in [2.75, 3.05) is 32.8 Å². The summed E-state index contributed by atoms with van der Waals surface area (Å²) in [4.78, 5) is 27.9. The van der Waals surface area contributed by atoms with E-state index in [1.54, 1.807) is 0 Å². The van der Waals surface area contributed by atoms with Gasteiger partial charge in [-0.1, -0.05) is 6.42 Å². The molecular formula is C17H26N2O3. The Kier molecular flexibility index (Phi) is 3.63. The van der Waals surface area contributed by atoms with Gasteiger partial charge in [-0.15, -0.1) is 0 Å². The van der Waals surface area contributed by atoms with E-state index < -0.39 is 0 Å². The van der Waals surface area contributed by atoms with E-state index in [2.05, 4.69) is 0 Å². The smallest absolute Gasteiger partial charge is 0.225 e. The zero-order valence-electron chi connectivity index (χ0n) is 13.3. The molecule has 4 fully saturated rings. The van der Waals surface area contributed by atoms with Gasteiger partial charge in [-0.25, -0.2) is 0 Å². The number of nitrogens with zero attached hydrogens (tertiary/aromatic N) is 2. The van der Waals surface area contributed by atoms with Crippen LogP contribution in [0.5, 0.6) is 0 Å². The number of carbonyl (C=O) groups is 2. The molecule has 22 heavy (non-hydrogen) atoms. The lowest BCUT2D eigenvalue weighted by Crippen LogP contribution is -2.67. The Morgan fingerprint density at radius 1 is 1.23 bits per heavy atom. The summed E-state index contributed by atoms with van der Waals surface area (Å²) in [7, 11) is 0. The summed E-state index contributed by atoms with van der Waals surface area (Å²) in [5.41, 5.74) is -0.0646. The highest BCUT2D eigenvalue weighted by Crippen LogP contribution is 2.39. The summed E-state index contributed by atoms with van der Waals surface area (Å²) in [5.74, 6) is 1.44. The molecule has 1 aliphatic carbocycles. The molecule has 0 aromatic heterocycles. The van der Waals surface area contributed by atoms with Crippen LogP contribution in [-0.2, 0) is 14.3 Å². The third-order valence-corrected chi connectivity index (χ3v) is 6.01. The van der Waals surface area contributed by atoms with Gasteiger partial charge in [0.2, 0.25) is 11.8 Å². The van der Waals surface area contributed by atoms with Crippen LogP contribution < -0.4 is 0 Å². The summed E-state index contributed by atoms with van der Waals surface area (Å²) in [6.07, 6.45) is 7.25. The quantitative estimate of drug-likeness (QED) is 0.792. The van der Waals surface area contributed by atoms with E-state index in [4.69, 9.17) is 4.74 Å². The molecule has 122 valence electrons. The molecule has 1 atom stereocenters. The van der Waals surface area contributed by atoms with E-state index >= 15 is 0 Å². The van der Waals surface area contributed by atoms with Crippen molar-refractivity contribution in [3.63, 3.8) is 0 Å². The highest BCUT2D eigenvalue weighted by atomic mass is 16.5. The Labute approximate surface area is 132 Å². The maximum Gasteiger partial charge on any atom is 0.225 e. The Morgan fingerprint density at radius 3 is 2.59 bits per heavy atom. The molecule has 1 spiro atoms. The molecule has 0 aromatic rings. The van der Waals surface area contributed by atoms with Gasteiger partial charge in [-0.2, -0.15) is 0 Å². The topological polar surface area (TPSA) is 49.9 Å². The van der Waals surface area contributed by atoms with Gasteiger partial charge in [0.15, 0.2) is 0 Å². The van der Waals surface area contributed by atoms with Crippen molar-refractivity contribution in [2.45, 2.75) is 50.5 Å². The third kappa shape index (κ3) is 2.53. The number of likely N-dealkylation sites (tertiary alicyclic amines) is 2. The average Bonchev–Trinajstić information content (AvgIpc) is 2.81. The van der Waals surface area contributed by atoms with Gasteiger partial charge in [0, 0.05) is 31.3 Å². The molecule has 1 unspecified atom stereocenters. The number of hydrogen-bond donors (Lipinski definition) is 0. The van der Waals surface area contributed by atoms with Crippen LogP contribution in [0, 0.1) is 11.8 Å². The molecular weight excluding hydrogens is 280 g/mol. The third-order valence-electron chi connectivity index (χ3n) is 6.01. The lowest BCUT2D eigenvalue weighted by Gasteiger charge is -2.54. The Bertz CT molecular complexity index is 459. The van der Waals surface area contributed by atoms with Crippen molar-refractivity contribution in [2.24, 2.45) is 11.8 Å². The zero-order chi connectivity index (χ0) is 15.2. The molecule has 3 aliphatic heterocycles. The minimum absolute atomic E-state index is 0.0646. The highest BCUT2D eigenvalue weighted by Gasteiger charge is 2.50. The van der Waals surface area contributed by atoms with E-state index in [1.165, 1.54) is 6.42 Å². The van der Waals surface area contributed by atoms with Crippen molar-refractivity contribution >= 4 is 11.8 Å². The van der Waals surface area contributed by atoms with Gasteiger partial charge in [-0.05, 0) is 32.1 Å². The highest BCUT2D eigenvalue weighted by molar-refractivity contribution is 5.80. The largest absolute Gasteiger partial charge is 0.371 e. The second-order valence-electron chi connectivity index (χ2n) is 7.66. The Balaban J connectivity index is 1.23. The molecule has 3 heterocycles. The van der Waals surface area contributed by atoms with Crippen LogP contribution in [0.1, 0.15) is 44.9 Å². The van der Waals surface area contributed by atoms with Crippen LogP contribution in [0.2, 0.25) is 0 Å². The summed E-state index contributed by atoms with van der Waals surface area (Å²) in [6.45, 7) is 4.11. The molecule has 0 radical (unpaired) electrons. The molecule has 0 bridgehead atoms. The molecule has 1 saturated carbocycles. The van der Waals surface area contributed by atoms with E-state index in [-0.39, 0.29) is 5.60 Å². The number of rotatable bonds is 3. The van der Waals surface area contributed by atoms with Gasteiger partial charge in [0.05, 0.1) is 19.7 Å². The maximum atomic E-state index is 12.2. The minimum atomic E-state index is -0.0646. The van der Waals surface area contributed by atoms with E-state index in [0.29, 0.717) is 23.7 Å². The predicted molar refractivity (Wildman–Crippen MR) is 81.1 cm³/mol. The van der Waals surface area contributed by atoms with Crippen molar-refractivity contribution in [3.8, 4) is 0 Å². The first-order valence-corrected chi connectivity index (χ1v) is 8.86. The first kappa shape index (κ1) is 14.5. The lowest BCUT2D eigenvalue weighted by atomic mass is 9.79. The number of hydrogen-bond acceptors (Lipinski definition) is 3. The first-order chi connectivity index (χ1) is 10.7. The van der Waals surface area contributed by atoms with Gasteiger partial charge in [0.1, 0.15) is 5.60 Å². The van der Waals surface area contributed by atoms with Crippen molar-refractivity contribution < 1.29 is 14.3 Å². The molecule has 3 saturated heterocycles. The Morgan fingerprint density at radius 2 is 2.05 bits per heavy atom. The van der Waals surface area contributed by atoms with Crippen molar-refractivity contribution in [3.05, 3.63) is 0 Å². The number of amides is 2. The SMILES string of the molecule is O=C1CCCN1CC1CCC2(CN(C(=O)C3CCC3)C2)OC1. The molecule has 0 aromatic carbocycles. The molecule has 5 nitrogen and oxygen atoms in total. The van der Waals surface area contributed by atoms with E-state index in [1.807, 2.05) is 9.80 Å². The number of carbonyl (C=O) groups excluding carboxylic acids is 2. The molecule has 5 heteroatoms. The fourth-order valence-electron chi connectivity index (χ4n) is 4.24. The summed E-state index contributed by atoms with van der Waals surface area (Å²) < 4.78 is 6.14. The minimum Gasteiger partial charge on any atom is -0.371 e. The Hall–Kier alpha value is -1.10. The molecule has 4 aliphatic rings. The monoisotopic (exact) mass is 306 g/mol. The summed E-state index contributed by atoms with van der Waals surface area (Å²) in [6, 6.07) is 0. The van der Waals surface area contributed by atoms with Crippen LogP contribution in [0.3, 0.4) is 0 Å². The maximum absolute atomic E-state index is 12.2.